The Kier molecular flexibility index (Phi) is 17.7. The van der Waals surface area contributed by atoms with Crippen LogP contribution in [0.5, 0.6) is 0 Å². The Morgan fingerprint density at radius 1 is 0.408 bits per heavy atom. The van der Waals surface area contributed by atoms with E-state index in [4.69, 9.17) is 0 Å². The van der Waals surface area contributed by atoms with Gasteiger partial charge in [-0.25, -0.2) is 13.7 Å². The minimum atomic E-state index is 1.10. The fourth-order valence-corrected chi connectivity index (χ4v) is 6.48. The van der Waals surface area contributed by atoms with Crippen molar-refractivity contribution in [3.05, 3.63) is 109 Å². The molecule has 3 heterocycles. The Bertz CT molecular complexity index is 1440. The summed E-state index contributed by atoms with van der Waals surface area (Å²) < 4.78 is 7.00. The van der Waals surface area contributed by atoms with E-state index in [2.05, 4.69) is 150 Å². The van der Waals surface area contributed by atoms with Crippen LogP contribution in [0.2, 0.25) is 0 Å². The molecule has 0 atom stereocenters. The first-order valence-corrected chi connectivity index (χ1v) is 19.5. The molecule has 4 heteroatoms. The minimum absolute atomic E-state index is 1.10. The van der Waals surface area contributed by atoms with Crippen LogP contribution in [-0.4, -0.2) is 14.1 Å². The molecule has 4 aromatic rings. The van der Waals surface area contributed by atoms with Crippen LogP contribution in [0.1, 0.15) is 121 Å². The number of pyridine rings is 3. The number of unbranched alkanes of at least 4 members (excludes halogenated alkanes) is 14. The van der Waals surface area contributed by atoms with Crippen molar-refractivity contribution >= 4 is 17.8 Å². The Balaban J connectivity index is 1.02. The second kappa shape index (κ2) is 22.8. The fraction of sp³-hybridized carbons (Fsp3) is 0.489. The molecule has 1 aromatic carbocycles. The summed E-state index contributed by atoms with van der Waals surface area (Å²) in [5.41, 5.74) is 6.30. The highest BCUT2D eigenvalue weighted by Gasteiger charge is 2.07. The van der Waals surface area contributed by atoms with E-state index in [9.17, 15) is 0 Å². The highest BCUT2D eigenvalue weighted by molar-refractivity contribution is 5.70. The second-order valence-electron chi connectivity index (χ2n) is 14.1. The van der Waals surface area contributed by atoms with Crippen LogP contribution >= 0.6 is 0 Å². The van der Waals surface area contributed by atoms with Crippen LogP contribution in [0.3, 0.4) is 0 Å². The van der Waals surface area contributed by atoms with E-state index < -0.39 is 0 Å². The molecule has 0 bridgehead atoms. The first-order valence-electron chi connectivity index (χ1n) is 19.5. The van der Waals surface area contributed by atoms with Gasteiger partial charge >= 0.3 is 0 Å². The minimum Gasteiger partial charge on any atom is -0.378 e. The first-order chi connectivity index (χ1) is 24.1. The van der Waals surface area contributed by atoms with E-state index in [0.717, 1.165) is 19.6 Å². The average molecular weight is 662 g/mol. The van der Waals surface area contributed by atoms with Crippen molar-refractivity contribution in [2.24, 2.45) is 0 Å². The van der Waals surface area contributed by atoms with Gasteiger partial charge in [0.15, 0.2) is 37.2 Å². The normalized spacial score (nSPS) is 11.4. The molecule has 0 radical (unpaired) electrons. The smallest absolute Gasteiger partial charge is 0.169 e. The third-order valence-electron chi connectivity index (χ3n) is 9.76. The van der Waals surface area contributed by atoms with E-state index in [1.807, 2.05) is 0 Å². The molecule has 0 aliphatic carbocycles. The maximum Gasteiger partial charge on any atom is 0.169 e. The zero-order valence-corrected chi connectivity index (χ0v) is 31.1. The van der Waals surface area contributed by atoms with Crippen molar-refractivity contribution in [1.82, 2.24) is 0 Å². The Labute approximate surface area is 299 Å². The number of rotatable bonds is 24. The van der Waals surface area contributed by atoms with Crippen molar-refractivity contribution in [3.63, 3.8) is 0 Å². The lowest BCUT2D eigenvalue weighted by atomic mass is 10.1. The summed E-state index contributed by atoms with van der Waals surface area (Å²) in [6.07, 6.45) is 39.5. The van der Waals surface area contributed by atoms with Crippen molar-refractivity contribution in [2.75, 3.05) is 19.0 Å². The standard InChI is InChI=1S/C45H65N4/c1-4-5-6-7-8-9-10-11-14-18-33-48-37-28-43(29-38-48)44-30-39-49(40-31-44)34-19-16-13-12-15-17-32-47-35-26-42(27-36-47)21-20-41-22-24-45(25-23-41)46(2)3/h20-31,35-40H,4-19,32-34H2,1-3H3/q+3. The van der Waals surface area contributed by atoms with Crippen molar-refractivity contribution in [2.45, 2.75) is 129 Å². The quantitative estimate of drug-likeness (QED) is 0.0539. The fourth-order valence-electron chi connectivity index (χ4n) is 6.48. The molecule has 0 amide bonds. The van der Waals surface area contributed by atoms with E-state index in [-0.39, 0.29) is 0 Å². The monoisotopic (exact) mass is 662 g/mol. The van der Waals surface area contributed by atoms with E-state index in [1.165, 1.54) is 131 Å². The molecule has 0 aliphatic rings. The third kappa shape index (κ3) is 15.1. The van der Waals surface area contributed by atoms with Crippen LogP contribution in [0.25, 0.3) is 23.3 Å². The molecule has 0 spiro atoms. The van der Waals surface area contributed by atoms with E-state index in [0.29, 0.717) is 0 Å². The number of hydrogen-bond donors (Lipinski definition) is 0. The number of benzene rings is 1. The maximum atomic E-state index is 2.35. The average Bonchev–Trinajstić information content (AvgIpc) is 3.14. The summed E-state index contributed by atoms with van der Waals surface area (Å²) >= 11 is 0. The highest BCUT2D eigenvalue weighted by atomic mass is 15.1. The van der Waals surface area contributed by atoms with Crippen molar-refractivity contribution < 1.29 is 13.7 Å². The lowest BCUT2D eigenvalue weighted by Crippen LogP contribution is -2.33. The van der Waals surface area contributed by atoms with Gasteiger partial charge in [0.05, 0.1) is 0 Å². The Hall–Kier alpha value is -3.79. The number of aromatic nitrogens is 3. The molecular formula is C45H65N4+3. The van der Waals surface area contributed by atoms with Gasteiger partial charge < -0.3 is 4.90 Å². The van der Waals surface area contributed by atoms with Crippen LogP contribution in [-0.2, 0) is 19.6 Å². The third-order valence-corrected chi connectivity index (χ3v) is 9.76. The lowest BCUT2D eigenvalue weighted by Gasteiger charge is -2.11. The predicted molar refractivity (Wildman–Crippen MR) is 208 cm³/mol. The van der Waals surface area contributed by atoms with Gasteiger partial charge in [0.1, 0.15) is 19.6 Å². The molecule has 0 saturated heterocycles. The molecular weight excluding hydrogens is 597 g/mol. The molecule has 0 unspecified atom stereocenters. The highest BCUT2D eigenvalue weighted by Crippen LogP contribution is 2.17. The summed E-state index contributed by atoms with van der Waals surface area (Å²) in [7, 11) is 4.14. The molecule has 262 valence electrons. The zero-order chi connectivity index (χ0) is 34.4. The molecule has 0 aliphatic heterocycles. The molecule has 0 N–H and O–H groups in total. The molecule has 4 rings (SSSR count). The molecule has 4 nitrogen and oxygen atoms in total. The second-order valence-corrected chi connectivity index (χ2v) is 14.1. The van der Waals surface area contributed by atoms with Crippen molar-refractivity contribution in [1.29, 1.82) is 0 Å². The number of hydrogen-bond acceptors (Lipinski definition) is 1. The topological polar surface area (TPSA) is 14.9 Å². The predicted octanol–water partition coefficient (Wildman–Crippen LogP) is 10.4. The van der Waals surface area contributed by atoms with E-state index >= 15 is 0 Å². The van der Waals surface area contributed by atoms with Gasteiger partial charge in [0.2, 0.25) is 0 Å². The van der Waals surface area contributed by atoms with Crippen LogP contribution in [0, 0.1) is 0 Å². The molecule has 0 saturated carbocycles. The van der Waals surface area contributed by atoms with Gasteiger partial charge in [0.25, 0.3) is 0 Å². The van der Waals surface area contributed by atoms with Crippen LogP contribution in [0.4, 0.5) is 5.69 Å². The van der Waals surface area contributed by atoms with Crippen LogP contribution in [0.15, 0.2) is 97.8 Å². The van der Waals surface area contributed by atoms with Gasteiger partial charge in [-0.2, -0.15) is 0 Å². The van der Waals surface area contributed by atoms with Gasteiger partial charge in [-0.15, -0.1) is 0 Å². The Morgan fingerprint density at radius 3 is 1.10 bits per heavy atom. The first kappa shape index (κ1) is 38.0. The van der Waals surface area contributed by atoms with Crippen LogP contribution < -0.4 is 18.6 Å². The molecule has 49 heavy (non-hydrogen) atoms. The van der Waals surface area contributed by atoms with Gasteiger partial charge in [-0.05, 0) is 53.6 Å². The summed E-state index contributed by atoms with van der Waals surface area (Å²) in [6, 6.07) is 22.2. The Morgan fingerprint density at radius 2 is 0.735 bits per heavy atom. The number of nitrogens with zero attached hydrogens (tertiary/aromatic N) is 4. The lowest BCUT2D eigenvalue weighted by molar-refractivity contribution is -0.697. The van der Waals surface area contributed by atoms with E-state index in [1.54, 1.807) is 0 Å². The maximum absolute atomic E-state index is 2.35. The molecule has 0 fully saturated rings. The summed E-state index contributed by atoms with van der Waals surface area (Å²) in [6.45, 7) is 5.62. The largest absolute Gasteiger partial charge is 0.378 e. The summed E-state index contributed by atoms with van der Waals surface area (Å²) in [5, 5.41) is 0. The summed E-state index contributed by atoms with van der Waals surface area (Å²) in [5.74, 6) is 0. The van der Waals surface area contributed by atoms with Gasteiger partial charge in [-0.1, -0.05) is 95.4 Å². The number of aryl methyl sites for hydroxylation is 3. The van der Waals surface area contributed by atoms with Gasteiger partial charge in [0, 0.05) is 75.4 Å². The van der Waals surface area contributed by atoms with Crippen molar-refractivity contribution in [3.8, 4) is 11.1 Å². The zero-order valence-electron chi connectivity index (χ0n) is 31.1. The SMILES string of the molecule is CCCCCCCCCCCC[n+]1ccc(-c2cc[n+](CCCCCCCC[n+]3ccc(/C=C/c4ccc(N(C)C)cc4)cc3)cc2)cc1. The molecule has 3 aromatic heterocycles. The van der Waals surface area contributed by atoms with Gasteiger partial charge in [-0.3, -0.25) is 0 Å². The summed E-state index contributed by atoms with van der Waals surface area (Å²) in [4.78, 5) is 2.13. The number of anilines is 1.